The van der Waals surface area contributed by atoms with Crippen molar-refractivity contribution in [1.29, 1.82) is 0 Å². The second-order valence-electron chi connectivity index (χ2n) is 26.0. The number of aliphatic hydroxyl groups is 5. The first-order chi connectivity index (χ1) is 49.9. The first-order valence-electron chi connectivity index (χ1n) is 32.1. The maximum absolute atomic E-state index is 12.5. The van der Waals surface area contributed by atoms with E-state index >= 15 is 0 Å². The zero-order valence-corrected chi connectivity index (χ0v) is 53.8. The highest BCUT2D eigenvalue weighted by Crippen LogP contribution is 2.64. The summed E-state index contributed by atoms with van der Waals surface area (Å²) in [5, 5.41) is 272. The highest BCUT2D eigenvalue weighted by molar-refractivity contribution is 5.72. The van der Waals surface area contributed by atoms with Crippen molar-refractivity contribution < 1.29 is 151 Å². The highest BCUT2D eigenvalue weighted by Gasteiger charge is 2.52. The molecule has 0 bridgehead atoms. The summed E-state index contributed by atoms with van der Waals surface area (Å²) < 4.78 is 31.0. The van der Waals surface area contributed by atoms with Crippen LogP contribution in [0.5, 0.6) is 144 Å². The second-order valence-corrected chi connectivity index (χ2v) is 26.0. The summed E-state index contributed by atoms with van der Waals surface area (Å²) in [6.07, 6.45) is -15.4. The molecule has 0 saturated heterocycles. The van der Waals surface area contributed by atoms with Gasteiger partial charge in [0.05, 0.1) is 30.0 Å². The average Bonchev–Trinajstić information content (AvgIpc) is 0.715. The van der Waals surface area contributed by atoms with Crippen LogP contribution in [0.15, 0.2) is 133 Å². The smallest absolute Gasteiger partial charge is 0.157 e. The number of ether oxygens (including phenoxy) is 5. The van der Waals surface area contributed by atoms with Crippen LogP contribution in [0, 0.1) is 0 Å². The molecule has 0 saturated carbocycles. The molecule has 0 aliphatic carbocycles. The fourth-order valence-corrected chi connectivity index (χ4v) is 14.6. The van der Waals surface area contributed by atoms with Crippen LogP contribution >= 0.6 is 0 Å². The van der Waals surface area contributed by atoms with Gasteiger partial charge < -0.3 is 151 Å². The number of hydrogen-bond donors (Lipinski definition) is 25. The van der Waals surface area contributed by atoms with Crippen molar-refractivity contribution >= 4 is 0 Å². The van der Waals surface area contributed by atoms with Gasteiger partial charge in [-0.05, 0) is 88.5 Å². The van der Waals surface area contributed by atoms with Crippen LogP contribution in [0.3, 0.4) is 0 Å². The van der Waals surface area contributed by atoms with E-state index in [2.05, 4.69) is 0 Å². The first-order valence-corrected chi connectivity index (χ1v) is 32.1. The number of benzene rings is 10. The Morgan fingerprint density at radius 2 is 0.467 bits per heavy atom. The minimum absolute atomic E-state index is 0.0127. The summed E-state index contributed by atoms with van der Waals surface area (Å²) in [7, 11) is 0. The summed E-state index contributed by atoms with van der Waals surface area (Å²) >= 11 is 0. The van der Waals surface area contributed by atoms with Crippen LogP contribution in [0.4, 0.5) is 0 Å². The van der Waals surface area contributed by atoms with Crippen molar-refractivity contribution in [2.75, 3.05) is 0 Å². The van der Waals surface area contributed by atoms with E-state index in [4.69, 9.17) is 23.7 Å². The molecule has 544 valence electrons. The Hall–Kier alpha value is -13.0. The molecule has 0 amide bonds. The summed E-state index contributed by atoms with van der Waals surface area (Å²) in [5.41, 5.74) is -0.661. The van der Waals surface area contributed by atoms with Gasteiger partial charge in [-0.3, -0.25) is 0 Å². The van der Waals surface area contributed by atoms with Gasteiger partial charge in [-0.15, -0.1) is 0 Å². The zero-order valence-electron chi connectivity index (χ0n) is 53.8. The summed E-state index contributed by atoms with van der Waals surface area (Å²) in [4.78, 5) is 0. The van der Waals surface area contributed by atoms with Crippen LogP contribution in [-0.2, 0) is 12.8 Å². The van der Waals surface area contributed by atoms with Crippen molar-refractivity contribution in [3.8, 4) is 144 Å². The van der Waals surface area contributed by atoms with Gasteiger partial charge in [-0.25, -0.2) is 0 Å². The largest absolute Gasteiger partial charge is 0.508 e. The predicted molar refractivity (Wildman–Crippen MR) is 358 cm³/mol. The SMILES string of the molecule is Oc1cc(O)c2c(c1)O[C@H](c1ccc(O)c(O)c1)[C@H](O)[C@H]2c1c(O)cc(O)c2c1O[C@H](c1ccc(O)c(O)c1)[C@H](O)C2.Oc1cc(O)c2c(c1)O[C@H](c1ccc(O)c(O)c1)[C@H](O)[C@H]2c1c(O)cc(O)c2c1O[C@H](c1ccc(O)c(O)c1)[C@H](O)[C@H]2c1c(O)cc(O)c2c1O[C@H](c1ccc(O)c(O)c1)[C@H](O)C2. The average molecular weight is 1450 g/mol. The maximum atomic E-state index is 12.5. The van der Waals surface area contributed by atoms with Crippen molar-refractivity contribution in [3.05, 3.63) is 206 Å². The number of phenols is 20. The minimum Gasteiger partial charge on any atom is -0.508 e. The third-order valence-electron chi connectivity index (χ3n) is 19.5. The molecule has 15 rings (SSSR count). The zero-order chi connectivity index (χ0) is 75.0. The van der Waals surface area contributed by atoms with E-state index in [0.717, 1.165) is 72.8 Å². The van der Waals surface area contributed by atoms with E-state index in [1.807, 2.05) is 0 Å². The summed E-state index contributed by atoms with van der Waals surface area (Å²) in [6.45, 7) is 0. The van der Waals surface area contributed by atoms with E-state index in [1.54, 1.807) is 0 Å². The summed E-state index contributed by atoms with van der Waals surface area (Å²) in [6, 6.07) is 25.2. The molecule has 105 heavy (non-hydrogen) atoms. The van der Waals surface area contributed by atoms with Crippen molar-refractivity contribution in [3.63, 3.8) is 0 Å². The molecule has 5 aliphatic heterocycles. The second kappa shape index (κ2) is 25.8. The van der Waals surface area contributed by atoms with Crippen LogP contribution < -0.4 is 23.7 Å². The monoisotopic (exact) mass is 1440 g/mol. The third-order valence-corrected chi connectivity index (χ3v) is 19.5. The number of fused-ring (bicyclic) bond motifs is 5. The Kier molecular flexibility index (Phi) is 17.0. The molecule has 10 aromatic carbocycles. The normalized spacial score (nSPS) is 23.3. The fraction of sp³-hybridized carbons (Fsp3) is 0.200. The Bertz CT molecular complexity index is 5180. The van der Waals surface area contributed by atoms with E-state index < -0.39 is 194 Å². The molecule has 0 radical (unpaired) electrons. The molecule has 0 unspecified atom stereocenters. The molecule has 5 heterocycles. The number of aromatic hydroxyl groups is 20. The van der Waals surface area contributed by atoms with Crippen molar-refractivity contribution in [1.82, 2.24) is 0 Å². The van der Waals surface area contributed by atoms with E-state index in [0.29, 0.717) is 0 Å². The van der Waals surface area contributed by atoms with Gasteiger partial charge in [-0.1, -0.05) is 30.3 Å². The minimum atomic E-state index is -1.90. The Morgan fingerprint density at radius 3 is 0.771 bits per heavy atom. The lowest BCUT2D eigenvalue weighted by atomic mass is 9.73. The quantitative estimate of drug-likeness (QED) is 0.0657. The Morgan fingerprint density at radius 1 is 0.219 bits per heavy atom. The number of hydrogen-bond acceptors (Lipinski definition) is 30. The van der Waals surface area contributed by atoms with Crippen molar-refractivity contribution in [2.24, 2.45) is 0 Å². The predicted octanol–water partition coefficient (Wildman–Crippen LogP) is 7.44. The molecule has 5 aliphatic rings. The molecule has 30 nitrogen and oxygen atoms in total. The Balaban J connectivity index is 0.000000192. The maximum Gasteiger partial charge on any atom is 0.157 e. The highest BCUT2D eigenvalue weighted by atomic mass is 16.5. The van der Waals surface area contributed by atoms with Crippen LogP contribution in [-0.4, -0.2) is 158 Å². The number of phenolic OH excluding ortho intramolecular Hbond substituents is 20. The molecule has 30 heteroatoms. The molecule has 0 fully saturated rings. The van der Waals surface area contributed by atoms with E-state index in [9.17, 15) is 128 Å². The number of aliphatic hydroxyl groups excluding tert-OH is 5. The van der Waals surface area contributed by atoms with Crippen molar-refractivity contribution in [2.45, 2.75) is 91.6 Å². The molecule has 25 N–H and O–H groups in total. The fourth-order valence-electron chi connectivity index (χ4n) is 14.6. The molecular weight excluding hydrogens is 1380 g/mol. The molecule has 10 aromatic rings. The van der Waals surface area contributed by atoms with Gasteiger partial charge in [0.25, 0.3) is 0 Å². The first kappa shape index (κ1) is 69.1. The molecule has 0 spiro atoms. The lowest BCUT2D eigenvalue weighted by molar-refractivity contribution is -0.00562. The van der Waals surface area contributed by atoms with Gasteiger partial charge in [0.15, 0.2) is 75.8 Å². The van der Waals surface area contributed by atoms with Crippen LogP contribution in [0.1, 0.15) is 121 Å². The lowest BCUT2D eigenvalue weighted by Crippen LogP contribution is -2.39. The number of rotatable bonds is 8. The van der Waals surface area contributed by atoms with Gasteiger partial charge in [0.2, 0.25) is 0 Å². The topological polar surface area (TPSA) is 552 Å². The van der Waals surface area contributed by atoms with Gasteiger partial charge in [-0.2, -0.15) is 0 Å². The van der Waals surface area contributed by atoms with Crippen LogP contribution in [0.2, 0.25) is 0 Å². The summed E-state index contributed by atoms with van der Waals surface area (Å²) in [5.74, 6) is -16.6. The molecular formula is C75H64O30. The standard InChI is InChI=1S/C45H38O18.C30H26O12/c46-18-10-27(54)33-32(11-18)61-42(16-2-5-21(48)25(52)8-16)39(59)37(33)35-29(56)14-30(57)36-38(40(60)43(63-45(35)36)17-3-6-22(49)26(53)9-17)34-28(55)13-23(50)19-12-31(58)41(62-44(19)34)15-1-4-20(47)24(51)7-15;31-13-7-20(37)24-23(8-13)41-29(12-2-4-16(33)19(36)6-12)27(40)26(24)25-21(38)10-17(34)14-9-22(39)28(42-30(14)25)11-1-3-15(32)18(35)5-11/h1-11,13-14,31,37-43,46-60H,12H2;1-8,10,22,26-29,31-40H,9H2/t31-,37-,38+,39-,40-,41-,42-,43-;22-,26-,27-,28-,29-/m11/s1. The van der Waals surface area contributed by atoms with Gasteiger partial charge in [0.1, 0.15) is 117 Å². The van der Waals surface area contributed by atoms with Gasteiger partial charge >= 0.3 is 0 Å². The van der Waals surface area contributed by atoms with Crippen LogP contribution in [0.25, 0.3) is 0 Å². The molecule has 0 aromatic heterocycles. The molecule has 13 atom stereocenters. The van der Waals surface area contributed by atoms with E-state index in [1.165, 1.54) is 60.7 Å². The Labute approximate surface area is 590 Å². The van der Waals surface area contributed by atoms with E-state index in [-0.39, 0.29) is 114 Å². The lowest BCUT2D eigenvalue weighted by Gasteiger charge is -2.43. The van der Waals surface area contributed by atoms with Gasteiger partial charge in [0, 0.05) is 99.8 Å². The third kappa shape index (κ3) is 11.7.